The smallest absolute Gasteiger partial charge is 0.416 e. The van der Waals surface area contributed by atoms with Crippen LogP contribution >= 0.6 is 0 Å². The number of hydrogen-bond acceptors (Lipinski definition) is 5. The molecule has 2 aliphatic heterocycles. The number of amidine groups is 1. The molecule has 10 heteroatoms. The van der Waals surface area contributed by atoms with Crippen LogP contribution in [-0.2, 0) is 16.2 Å². The van der Waals surface area contributed by atoms with Gasteiger partial charge in [-0.3, -0.25) is 0 Å². The van der Waals surface area contributed by atoms with Crippen molar-refractivity contribution in [3.05, 3.63) is 72.1 Å². The van der Waals surface area contributed by atoms with Crippen LogP contribution in [0, 0.1) is 0 Å². The van der Waals surface area contributed by atoms with Crippen molar-refractivity contribution in [2.45, 2.75) is 12.6 Å². The molecule has 156 valence electrons. The number of benzene rings is 1. The summed E-state index contributed by atoms with van der Waals surface area (Å²) in [5.74, 6) is 0.459. The van der Waals surface area contributed by atoms with Gasteiger partial charge < -0.3 is 9.64 Å². The van der Waals surface area contributed by atoms with E-state index >= 15 is 0 Å². The molecular weight excluding hydrogens is 419 g/mol. The van der Waals surface area contributed by atoms with Gasteiger partial charge in [-0.25, -0.2) is 13.4 Å². The normalized spacial score (nSPS) is 18.2. The first-order valence-corrected chi connectivity index (χ1v) is 10.6. The van der Waals surface area contributed by atoms with Crippen molar-refractivity contribution >= 4 is 21.4 Å². The minimum atomic E-state index is -4.49. The molecule has 0 saturated carbocycles. The Labute approximate surface area is 171 Å². The monoisotopic (exact) mass is 435 g/mol. The molecule has 0 N–H and O–H groups in total. The zero-order valence-electron chi connectivity index (χ0n) is 15.5. The van der Waals surface area contributed by atoms with Crippen molar-refractivity contribution in [3.8, 4) is 11.6 Å². The highest BCUT2D eigenvalue weighted by molar-refractivity contribution is 7.90. The van der Waals surface area contributed by atoms with Crippen LogP contribution in [0.25, 0.3) is 5.57 Å². The number of pyridine rings is 1. The second-order valence-corrected chi connectivity index (χ2v) is 8.43. The molecule has 30 heavy (non-hydrogen) atoms. The van der Waals surface area contributed by atoms with E-state index in [0.29, 0.717) is 35.7 Å². The number of nitrogens with zero attached hydrogens (tertiary/aromatic N) is 3. The van der Waals surface area contributed by atoms with Gasteiger partial charge in [-0.2, -0.15) is 13.2 Å². The van der Waals surface area contributed by atoms with Crippen molar-refractivity contribution in [2.75, 3.05) is 12.3 Å². The van der Waals surface area contributed by atoms with E-state index in [9.17, 15) is 21.6 Å². The van der Waals surface area contributed by atoms with Gasteiger partial charge in [0.1, 0.15) is 5.75 Å². The Morgan fingerprint density at radius 2 is 1.87 bits per heavy atom. The van der Waals surface area contributed by atoms with Gasteiger partial charge in [0.25, 0.3) is 10.0 Å². The molecule has 2 aliphatic rings. The number of ether oxygens (including phenoxy) is 1. The van der Waals surface area contributed by atoms with E-state index in [0.717, 1.165) is 18.3 Å². The van der Waals surface area contributed by atoms with Crippen LogP contribution in [0.3, 0.4) is 0 Å². The van der Waals surface area contributed by atoms with Gasteiger partial charge in [0.2, 0.25) is 5.88 Å². The zero-order chi connectivity index (χ0) is 21.4. The molecule has 0 atom stereocenters. The Morgan fingerprint density at radius 3 is 2.60 bits per heavy atom. The highest BCUT2D eigenvalue weighted by atomic mass is 32.2. The van der Waals surface area contributed by atoms with Crippen LogP contribution in [0.4, 0.5) is 13.2 Å². The average Bonchev–Trinajstić information content (AvgIpc) is 2.85. The molecule has 0 radical (unpaired) electrons. The fourth-order valence-electron chi connectivity index (χ4n) is 3.11. The van der Waals surface area contributed by atoms with Crippen molar-refractivity contribution in [2.24, 2.45) is 4.40 Å². The van der Waals surface area contributed by atoms with Crippen LogP contribution in [-0.4, -0.2) is 36.4 Å². The largest absolute Gasteiger partial charge is 0.439 e. The number of rotatable bonds is 3. The summed E-state index contributed by atoms with van der Waals surface area (Å²) >= 11 is 0. The molecule has 0 spiro atoms. The first kappa shape index (κ1) is 20.1. The molecule has 2 aromatic rings. The second kappa shape index (κ2) is 7.60. The quantitative estimate of drug-likeness (QED) is 0.721. The summed E-state index contributed by atoms with van der Waals surface area (Å²) in [6, 6.07) is 8.22. The van der Waals surface area contributed by atoms with Gasteiger partial charge in [-0.05, 0) is 42.3 Å². The standard InChI is InChI=1S/C20H16F3N3O3S/c21-20(22,23)15-8-9-24-18(13-15)29-16-6-4-14(5-7-16)17-3-1-10-26-11-2-12-30(27,28)25-19(17)26/h1,3-10,13H,2,11-12H2. The van der Waals surface area contributed by atoms with Crippen molar-refractivity contribution < 1.29 is 26.3 Å². The summed E-state index contributed by atoms with van der Waals surface area (Å²) in [5, 5.41) is 0. The van der Waals surface area contributed by atoms with Crippen LogP contribution in [0.2, 0.25) is 0 Å². The lowest BCUT2D eigenvalue weighted by atomic mass is 10.0. The number of fused-ring (bicyclic) bond motifs is 1. The van der Waals surface area contributed by atoms with Gasteiger partial charge in [-0.1, -0.05) is 12.1 Å². The maximum absolute atomic E-state index is 12.8. The molecule has 3 heterocycles. The number of hydrogen-bond donors (Lipinski definition) is 0. The van der Waals surface area contributed by atoms with Crippen molar-refractivity contribution in [1.29, 1.82) is 0 Å². The van der Waals surface area contributed by atoms with Gasteiger partial charge in [-0.15, -0.1) is 4.40 Å². The van der Waals surface area contributed by atoms with E-state index in [4.69, 9.17) is 4.74 Å². The highest BCUT2D eigenvalue weighted by Crippen LogP contribution is 2.32. The summed E-state index contributed by atoms with van der Waals surface area (Å²) < 4.78 is 72.1. The summed E-state index contributed by atoms with van der Waals surface area (Å²) in [5.41, 5.74) is 0.479. The van der Waals surface area contributed by atoms with Crippen LogP contribution < -0.4 is 4.74 Å². The molecule has 0 amide bonds. The second-order valence-electron chi connectivity index (χ2n) is 6.68. The number of allylic oxidation sites excluding steroid dienone is 2. The Kier molecular flexibility index (Phi) is 5.10. The average molecular weight is 435 g/mol. The third kappa shape index (κ3) is 4.38. The Hall–Kier alpha value is -3.14. The SMILES string of the molecule is O=S1(=O)CCCN2C=CC=C(c3ccc(Oc4cc(C(F)(F)F)ccn4)cc3)C2=N1. The summed E-state index contributed by atoms with van der Waals surface area (Å²) in [4.78, 5) is 5.59. The highest BCUT2D eigenvalue weighted by Gasteiger charge is 2.31. The Bertz CT molecular complexity index is 1150. The predicted molar refractivity (Wildman–Crippen MR) is 105 cm³/mol. The summed E-state index contributed by atoms with van der Waals surface area (Å²) in [7, 11) is -3.55. The molecule has 4 rings (SSSR count). The van der Waals surface area contributed by atoms with E-state index in [1.165, 1.54) is 0 Å². The summed E-state index contributed by atoms with van der Waals surface area (Å²) in [6.45, 7) is 0.536. The van der Waals surface area contributed by atoms with Crippen LogP contribution in [0.15, 0.2) is 65.3 Å². The minimum absolute atomic E-state index is 0.00904. The molecule has 6 nitrogen and oxygen atoms in total. The molecule has 0 bridgehead atoms. The topological polar surface area (TPSA) is 71.9 Å². The first-order chi connectivity index (χ1) is 14.2. The Morgan fingerprint density at radius 1 is 1.10 bits per heavy atom. The third-order valence-electron chi connectivity index (χ3n) is 4.52. The molecule has 0 aliphatic carbocycles. The Balaban J connectivity index is 1.59. The maximum atomic E-state index is 12.8. The minimum Gasteiger partial charge on any atom is -0.439 e. The van der Waals surface area contributed by atoms with Crippen LogP contribution in [0.1, 0.15) is 17.5 Å². The maximum Gasteiger partial charge on any atom is 0.416 e. The fourth-order valence-corrected chi connectivity index (χ4v) is 4.16. The third-order valence-corrected chi connectivity index (χ3v) is 5.77. The number of halogens is 3. The lowest BCUT2D eigenvalue weighted by molar-refractivity contribution is -0.137. The molecule has 1 aromatic heterocycles. The van der Waals surface area contributed by atoms with E-state index in [2.05, 4.69) is 9.38 Å². The van der Waals surface area contributed by atoms with Gasteiger partial charge in [0.05, 0.1) is 11.3 Å². The first-order valence-electron chi connectivity index (χ1n) is 9.01. The van der Waals surface area contributed by atoms with E-state index in [1.807, 2.05) is 6.08 Å². The fraction of sp³-hybridized carbons (Fsp3) is 0.200. The predicted octanol–water partition coefficient (Wildman–Crippen LogP) is 4.24. The lowest BCUT2D eigenvalue weighted by Crippen LogP contribution is -2.28. The van der Waals surface area contributed by atoms with Gasteiger partial charge >= 0.3 is 6.18 Å². The zero-order valence-corrected chi connectivity index (χ0v) is 16.3. The molecule has 0 fully saturated rings. The van der Waals surface area contributed by atoms with Gasteiger partial charge in [0.15, 0.2) is 5.84 Å². The lowest BCUT2D eigenvalue weighted by Gasteiger charge is -2.24. The summed E-state index contributed by atoms with van der Waals surface area (Å²) in [6.07, 6.45) is 2.37. The molecule has 0 unspecified atom stereocenters. The van der Waals surface area contributed by atoms with Crippen molar-refractivity contribution in [3.63, 3.8) is 0 Å². The number of sulfonamides is 1. The van der Waals surface area contributed by atoms with E-state index < -0.39 is 21.8 Å². The van der Waals surface area contributed by atoms with Crippen molar-refractivity contribution in [1.82, 2.24) is 9.88 Å². The van der Waals surface area contributed by atoms with E-state index in [1.54, 1.807) is 41.4 Å². The molecule has 1 aromatic carbocycles. The number of aromatic nitrogens is 1. The van der Waals surface area contributed by atoms with Crippen LogP contribution in [0.5, 0.6) is 11.6 Å². The van der Waals surface area contributed by atoms with Gasteiger partial charge in [0, 0.05) is 30.6 Å². The number of alkyl halides is 3. The molecular formula is C20H16F3N3O3S. The molecule has 0 saturated heterocycles. The van der Waals surface area contributed by atoms with E-state index in [-0.39, 0.29) is 11.6 Å².